The average Bonchev–Trinajstić information content (AvgIpc) is 3.43. The van der Waals surface area contributed by atoms with Gasteiger partial charge >= 0.3 is 12.4 Å². The van der Waals surface area contributed by atoms with Crippen molar-refractivity contribution in [2.45, 2.75) is 56.7 Å². The van der Waals surface area contributed by atoms with E-state index in [1.807, 2.05) is 14.7 Å². The fourth-order valence-corrected chi connectivity index (χ4v) is 5.96. The number of aromatic nitrogens is 4. The molecular weight excluding hydrogens is 546 g/mol. The second-order valence-corrected chi connectivity index (χ2v) is 10.6. The summed E-state index contributed by atoms with van der Waals surface area (Å²) in [5.74, 6) is -0.0484. The van der Waals surface area contributed by atoms with Gasteiger partial charge in [0.25, 0.3) is 5.56 Å². The summed E-state index contributed by atoms with van der Waals surface area (Å²) in [5, 5.41) is 8.00. The maximum atomic E-state index is 13.5. The fourth-order valence-electron chi connectivity index (χ4n) is 5.96. The minimum Gasteiger partial charge on any atom is -0.379 e. The van der Waals surface area contributed by atoms with Crippen LogP contribution in [0, 0.1) is 5.92 Å². The number of fused-ring (bicyclic) bond motifs is 2. The van der Waals surface area contributed by atoms with Crippen LogP contribution in [-0.2, 0) is 17.1 Å². The van der Waals surface area contributed by atoms with Gasteiger partial charge in [0.15, 0.2) is 0 Å². The topological polar surface area (TPSA) is 110 Å². The third-order valence-corrected chi connectivity index (χ3v) is 7.68. The highest BCUT2D eigenvalue weighted by atomic mass is 19.4. The predicted octanol–water partition coefficient (Wildman–Crippen LogP) is 2.60. The highest BCUT2D eigenvalue weighted by molar-refractivity contribution is 5.81. The van der Waals surface area contributed by atoms with E-state index in [0.29, 0.717) is 39.1 Å². The van der Waals surface area contributed by atoms with Crippen molar-refractivity contribution < 1.29 is 31.1 Å². The van der Waals surface area contributed by atoms with E-state index in [0.717, 1.165) is 31.4 Å². The third-order valence-electron chi connectivity index (χ3n) is 7.68. The van der Waals surface area contributed by atoms with E-state index in [2.05, 4.69) is 20.4 Å². The SMILES string of the molecule is C[C@@H](CN1CC[C@@H](C(=O)N2C3CCC2CN(c2ncc(C(F)(F)F)cn2)C3)C1)Nc1cn[nH]c(=O)c1C(F)(F)F. The van der Waals surface area contributed by atoms with Gasteiger partial charge in [0, 0.05) is 56.7 Å². The minimum absolute atomic E-state index is 0.0155. The Morgan fingerprint density at radius 2 is 1.68 bits per heavy atom. The number of hydrogen-bond donors (Lipinski definition) is 2. The Bertz CT molecular complexity index is 1270. The first kappa shape index (κ1) is 28.1. The maximum absolute atomic E-state index is 13.5. The maximum Gasteiger partial charge on any atom is 0.423 e. The molecule has 5 rings (SSSR count). The Morgan fingerprint density at radius 1 is 1.02 bits per heavy atom. The molecule has 2 unspecified atom stereocenters. The van der Waals surface area contributed by atoms with Crippen LogP contribution in [0.15, 0.2) is 23.4 Å². The summed E-state index contributed by atoms with van der Waals surface area (Å²) in [6.07, 6.45) is -4.74. The lowest BCUT2D eigenvalue weighted by Crippen LogP contribution is -2.57. The molecule has 0 radical (unpaired) electrons. The van der Waals surface area contributed by atoms with Gasteiger partial charge in [-0.05, 0) is 32.7 Å². The second-order valence-electron chi connectivity index (χ2n) is 10.6. The van der Waals surface area contributed by atoms with E-state index in [1.165, 1.54) is 0 Å². The van der Waals surface area contributed by atoms with Crippen LogP contribution < -0.4 is 15.8 Å². The summed E-state index contributed by atoms with van der Waals surface area (Å²) in [6.45, 7) is 3.95. The smallest absolute Gasteiger partial charge is 0.379 e. The Morgan fingerprint density at radius 3 is 2.27 bits per heavy atom. The monoisotopic (exact) mass is 574 g/mol. The summed E-state index contributed by atoms with van der Waals surface area (Å²) >= 11 is 0. The molecule has 0 spiro atoms. The summed E-state index contributed by atoms with van der Waals surface area (Å²) in [4.78, 5) is 38.7. The molecule has 5 heterocycles. The summed E-state index contributed by atoms with van der Waals surface area (Å²) in [6, 6.07) is -0.658. The number of hydrogen-bond acceptors (Lipinski definition) is 8. The van der Waals surface area contributed by atoms with Crippen molar-refractivity contribution in [2.24, 2.45) is 5.92 Å². The van der Waals surface area contributed by atoms with Gasteiger partial charge in [-0.3, -0.25) is 9.59 Å². The highest BCUT2D eigenvalue weighted by Gasteiger charge is 2.46. The lowest BCUT2D eigenvalue weighted by atomic mass is 10.0. The number of alkyl halides is 6. The van der Waals surface area contributed by atoms with Crippen LogP contribution >= 0.6 is 0 Å². The zero-order valence-electron chi connectivity index (χ0n) is 21.5. The average molecular weight is 575 g/mol. The van der Waals surface area contributed by atoms with Gasteiger partial charge in [-0.1, -0.05) is 0 Å². The van der Waals surface area contributed by atoms with Crippen LogP contribution in [-0.4, -0.2) is 86.7 Å². The van der Waals surface area contributed by atoms with Crippen molar-refractivity contribution in [2.75, 3.05) is 42.9 Å². The minimum atomic E-state index is -4.84. The standard InChI is InChI=1S/C24H28F6N8O2/c1-13(34-18-8-33-35-20(39)19(18)24(28,29)30)9-36-5-4-14(10-36)21(40)38-16-2-3-17(38)12-37(11-16)22-31-6-15(7-32-22)23(25,26)27/h6-8,13-14,16-17H,2-5,9-12H2,1H3,(H2,34,35,39)/t13-,14+,16?,17?/m0/s1. The molecule has 10 nitrogen and oxygen atoms in total. The van der Waals surface area contributed by atoms with Crippen molar-refractivity contribution in [1.29, 1.82) is 0 Å². The normalized spacial score (nSPS) is 24.4. The lowest BCUT2D eigenvalue weighted by molar-refractivity contribution is -0.139. The van der Waals surface area contributed by atoms with Crippen LogP contribution in [0.4, 0.5) is 38.0 Å². The van der Waals surface area contributed by atoms with Gasteiger partial charge in [-0.15, -0.1) is 0 Å². The lowest BCUT2D eigenvalue weighted by Gasteiger charge is -2.42. The number of likely N-dealkylation sites (tertiary alicyclic amines) is 1. The quantitative estimate of drug-likeness (QED) is 0.507. The van der Waals surface area contributed by atoms with Crippen LogP contribution in [0.2, 0.25) is 0 Å². The van der Waals surface area contributed by atoms with Gasteiger partial charge in [0.1, 0.15) is 5.56 Å². The predicted molar refractivity (Wildman–Crippen MR) is 130 cm³/mol. The number of piperazine rings is 1. The molecule has 0 saturated carbocycles. The van der Waals surface area contributed by atoms with E-state index in [9.17, 15) is 35.9 Å². The molecule has 4 atom stereocenters. The Hall–Kier alpha value is -3.43. The zero-order valence-corrected chi connectivity index (χ0v) is 21.5. The number of halogens is 6. The number of nitrogens with zero attached hydrogens (tertiary/aromatic N) is 6. The Labute approximate surface area is 224 Å². The van der Waals surface area contributed by atoms with E-state index in [-0.39, 0.29) is 29.9 Å². The van der Waals surface area contributed by atoms with Crippen LogP contribution in [0.3, 0.4) is 0 Å². The van der Waals surface area contributed by atoms with Crippen molar-refractivity contribution in [3.05, 3.63) is 40.1 Å². The number of anilines is 2. The van der Waals surface area contributed by atoms with E-state index in [1.54, 1.807) is 12.0 Å². The highest BCUT2D eigenvalue weighted by Crippen LogP contribution is 2.35. The first-order valence-electron chi connectivity index (χ1n) is 12.9. The van der Waals surface area contributed by atoms with Crippen molar-refractivity contribution >= 4 is 17.5 Å². The number of carbonyl (C=O) groups is 1. The van der Waals surface area contributed by atoms with E-state index < -0.39 is 40.8 Å². The Kier molecular flexibility index (Phi) is 7.39. The van der Waals surface area contributed by atoms with Crippen LogP contribution in [0.5, 0.6) is 0 Å². The molecule has 218 valence electrons. The largest absolute Gasteiger partial charge is 0.423 e. The molecule has 2 aromatic heterocycles. The molecule has 16 heteroatoms. The zero-order chi connectivity index (χ0) is 28.8. The molecule has 40 heavy (non-hydrogen) atoms. The molecule has 3 aliphatic rings. The van der Waals surface area contributed by atoms with Crippen molar-refractivity contribution in [3.63, 3.8) is 0 Å². The summed E-state index contributed by atoms with van der Waals surface area (Å²) in [5.41, 5.74) is -3.98. The van der Waals surface area contributed by atoms with Gasteiger partial charge in [0.2, 0.25) is 11.9 Å². The molecular formula is C24H28F6N8O2. The van der Waals surface area contributed by atoms with Gasteiger partial charge < -0.3 is 20.0 Å². The van der Waals surface area contributed by atoms with E-state index in [4.69, 9.17) is 0 Å². The number of carbonyl (C=O) groups excluding carboxylic acids is 1. The van der Waals surface area contributed by atoms with Gasteiger partial charge in [0.05, 0.1) is 23.4 Å². The number of amides is 1. The van der Waals surface area contributed by atoms with Crippen molar-refractivity contribution in [3.8, 4) is 0 Å². The molecule has 2 aromatic rings. The Balaban J connectivity index is 1.17. The molecule has 1 amide bonds. The summed E-state index contributed by atoms with van der Waals surface area (Å²) < 4.78 is 78.6. The first-order valence-corrected chi connectivity index (χ1v) is 12.9. The molecule has 3 fully saturated rings. The molecule has 2 N–H and O–H groups in total. The summed E-state index contributed by atoms with van der Waals surface area (Å²) in [7, 11) is 0. The molecule has 3 aliphatic heterocycles. The first-order chi connectivity index (χ1) is 18.8. The van der Waals surface area contributed by atoms with E-state index >= 15 is 0 Å². The number of H-pyrrole nitrogens is 1. The van der Waals surface area contributed by atoms with Gasteiger partial charge in [-0.2, -0.15) is 31.4 Å². The molecule has 2 bridgehead atoms. The van der Waals surface area contributed by atoms with Crippen molar-refractivity contribution in [1.82, 2.24) is 30.0 Å². The van der Waals surface area contributed by atoms with Crippen LogP contribution in [0.1, 0.15) is 37.3 Å². The molecule has 0 aliphatic carbocycles. The van der Waals surface area contributed by atoms with Gasteiger partial charge in [-0.25, -0.2) is 15.1 Å². The molecule has 0 aromatic carbocycles. The number of nitrogens with one attached hydrogen (secondary N) is 2. The molecule has 3 saturated heterocycles. The third kappa shape index (κ3) is 5.71. The second kappa shape index (κ2) is 10.5. The number of rotatable bonds is 6. The fraction of sp³-hybridized carbons (Fsp3) is 0.625. The number of aromatic amines is 1. The van der Waals surface area contributed by atoms with Crippen LogP contribution in [0.25, 0.3) is 0 Å².